The lowest BCUT2D eigenvalue weighted by atomic mass is 9.98. The molecule has 0 saturated carbocycles. The van der Waals surface area contributed by atoms with Crippen molar-refractivity contribution >= 4 is 40.7 Å². The first-order valence-electron chi connectivity index (χ1n) is 15.4. The van der Waals surface area contributed by atoms with E-state index < -0.39 is 12.1 Å². The van der Waals surface area contributed by atoms with Crippen molar-refractivity contribution in [2.24, 2.45) is 0 Å². The highest BCUT2D eigenvalue weighted by Crippen LogP contribution is 2.24. The summed E-state index contributed by atoms with van der Waals surface area (Å²) in [5.41, 5.74) is 5.22. The largest absolute Gasteiger partial charge is 0.444 e. The summed E-state index contributed by atoms with van der Waals surface area (Å²) in [6.07, 6.45) is 4.94. The number of ether oxygens (including phenoxy) is 1. The first-order valence-corrected chi connectivity index (χ1v) is 17.1. The van der Waals surface area contributed by atoms with Crippen LogP contribution in [-0.4, -0.2) is 73.4 Å². The van der Waals surface area contributed by atoms with Crippen LogP contribution in [-0.2, 0) is 42.1 Å². The maximum absolute atomic E-state index is 14.0. The Morgan fingerprint density at radius 3 is 2.76 bits per heavy atom. The van der Waals surface area contributed by atoms with E-state index in [0.717, 1.165) is 32.5 Å². The van der Waals surface area contributed by atoms with Gasteiger partial charge >= 0.3 is 12.1 Å². The van der Waals surface area contributed by atoms with Crippen LogP contribution >= 0.6 is 22.7 Å². The minimum Gasteiger partial charge on any atom is -0.444 e. The predicted molar refractivity (Wildman–Crippen MR) is 176 cm³/mol. The number of nitrogens with one attached hydrogen (secondary N) is 3. The molecule has 2 unspecified atom stereocenters. The number of fused-ring (bicyclic) bond motifs is 1. The number of nitrogens with zero attached hydrogens (tertiary/aromatic N) is 5. The Morgan fingerprint density at radius 2 is 2.02 bits per heavy atom. The average molecular weight is 665 g/mol. The van der Waals surface area contributed by atoms with Crippen LogP contribution in [0.3, 0.4) is 0 Å². The molecule has 2 atom stereocenters. The molecule has 46 heavy (non-hydrogen) atoms. The van der Waals surface area contributed by atoms with Crippen LogP contribution < -0.4 is 10.6 Å². The molecule has 3 N–H and O–H groups in total. The van der Waals surface area contributed by atoms with Crippen LogP contribution in [0.15, 0.2) is 53.7 Å². The molecule has 0 bridgehead atoms. The van der Waals surface area contributed by atoms with Crippen molar-refractivity contribution in [1.29, 1.82) is 0 Å². The Morgan fingerprint density at radius 1 is 1.20 bits per heavy atom. The average Bonchev–Trinajstić information content (AvgIpc) is 3.84. The molecule has 0 saturated heterocycles. The van der Waals surface area contributed by atoms with Gasteiger partial charge in [0.1, 0.15) is 12.6 Å². The van der Waals surface area contributed by atoms with Crippen LogP contribution in [0.2, 0.25) is 0 Å². The van der Waals surface area contributed by atoms with Gasteiger partial charge < -0.3 is 30.2 Å². The summed E-state index contributed by atoms with van der Waals surface area (Å²) >= 11 is 3.02. The van der Waals surface area contributed by atoms with Crippen LogP contribution in [0.5, 0.6) is 0 Å². The second-order valence-electron chi connectivity index (χ2n) is 11.7. The van der Waals surface area contributed by atoms with Gasteiger partial charge in [-0.25, -0.2) is 19.6 Å². The maximum Gasteiger partial charge on any atom is 0.407 e. The molecule has 0 aliphatic carbocycles. The van der Waals surface area contributed by atoms with Gasteiger partial charge in [-0.3, -0.25) is 9.78 Å². The van der Waals surface area contributed by atoms with E-state index in [2.05, 4.69) is 44.4 Å². The second kappa shape index (κ2) is 15.8. The summed E-state index contributed by atoms with van der Waals surface area (Å²) in [5.74, 6) is 0.0837. The first-order chi connectivity index (χ1) is 22.3. The first kappa shape index (κ1) is 33.1. The summed E-state index contributed by atoms with van der Waals surface area (Å²) in [4.78, 5) is 60.3. The fourth-order valence-corrected chi connectivity index (χ4v) is 6.65. The van der Waals surface area contributed by atoms with E-state index in [1.807, 2.05) is 35.7 Å². The number of thiazole rings is 2. The summed E-state index contributed by atoms with van der Waals surface area (Å²) in [5, 5.41) is 9.03. The van der Waals surface area contributed by atoms with Crippen molar-refractivity contribution in [3.63, 3.8) is 0 Å². The molecule has 14 heteroatoms. The Kier molecular flexibility index (Phi) is 11.4. The predicted octanol–water partition coefficient (Wildman–Crippen LogP) is 4.86. The van der Waals surface area contributed by atoms with E-state index in [0.29, 0.717) is 44.7 Å². The molecular formula is C32H40N8O4S2. The number of imidazole rings is 1. The molecule has 1 aliphatic rings. The van der Waals surface area contributed by atoms with Crippen molar-refractivity contribution < 1.29 is 19.1 Å². The van der Waals surface area contributed by atoms with Gasteiger partial charge in [-0.15, -0.1) is 22.7 Å². The van der Waals surface area contributed by atoms with Gasteiger partial charge in [-0.2, -0.15) is 0 Å². The van der Waals surface area contributed by atoms with Gasteiger partial charge in [0.05, 0.1) is 51.9 Å². The highest BCUT2D eigenvalue weighted by Gasteiger charge is 2.38. The van der Waals surface area contributed by atoms with Crippen molar-refractivity contribution in [1.82, 2.24) is 40.4 Å². The van der Waals surface area contributed by atoms with Crippen LogP contribution in [0, 0.1) is 0 Å². The summed E-state index contributed by atoms with van der Waals surface area (Å²) in [7, 11) is 1.74. The van der Waals surface area contributed by atoms with Gasteiger partial charge in [0, 0.05) is 43.5 Å². The Bertz CT molecular complexity index is 1570. The van der Waals surface area contributed by atoms with E-state index in [1.165, 1.54) is 11.3 Å². The third kappa shape index (κ3) is 8.91. The standard InChI is InChI=1S/C32H40N8O4S2/c1-21(2)30-38-24(18-45-30)15-39(3)32(43)40-16-27-26(35-19-36-27)13-28(40)29(41)37-23(12-22-8-5-4-6-9-22)10-7-11-34-31(42)44-17-25-14-33-20-46-25/h4-6,8-9,14,18-21,23,28H,7,10-13,15-17H2,1-3H3,(H,34,42)(H,35,36)(H,37,41). The van der Waals surface area contributed by atoms with Crippen molar-refractivity contribution in [2.45, 2.75) is 77.2 Å². The lowest BCUT2D eigenvalue weighted by Crippen LogP contribution is -2.57. The second-order valence-corrected chi connectivity index (χ2v) is 13.5. The van der Waals surface area contributed by atoms with E-state index in [4.69, 9.17) is 4.74 Å². The van der Waals surface area contributed by atoms with E-state index >= 15 is 0 Å². The number of urea groups is 1. The lowest BCUT2D eigenvalue weighted by Gasteiger charge is -2.37. The molecule has 5 rings (SSSR count). The Hall–Kier alpha value is -4.30. The Labute approximate surface area is 276 Å². The molecule has 244 valence electrons. The number of rotatable bonds is 13. The van der Waals surface area contributed by atoms with Crippen LogP contribution in [0.4, 0.5) is 9.59 Å². The molecule has 0 spiro atoms. The number of aromatic amines is 1. The number of aromatic nitrogens is 4. The van der Waals surface area contributed by atoms with E-state index in [9.17, 15) is 14.4 Å². The van der Waals surface area contributed by atoms with Crippen LogP contribution in [0.25, 0.3) is 0 Å². The fraction of sp³-hybridized carbons (Fsp3) is 0.438. The maximum atomic E-state index is 14.0. The number of H-pyrrole nitrogens is 1. The highest BCUT2D eigenvalue weighted by molar-refractivity contribution is 7.09. The quantitative estimate of drug-likeness (QED) is 0.173. The Balaban J connectivity index is 1.23. The highest BCUT2D eigenvalue weighted by atomic mass is 32.1. The SMILES string of the molecule is CC(C)c1nc(CN(C)C(=O)N2Cc3[nH]cnc3CC2C(=O)NC(CCCNC(=O)OCc2cncs2)Cc2ccccc2)cs1. The monoisotopic (exact) mass is 664 g/mol. The molecule has 4 aromatic rings. The van der Waals surface area contributed by atoms with Crippen molar-refractivity contribution in [3.05, 3.63) is 86.3 Å². The molecule has 1 aromatic carbocycles. The normalized spacial score (nSPS) is 14.9. The van der Waals surface area contributed by atoms with Crippen molar-refractivity contribution in [2.75, 3.05) is 13.6 Å². The molecular weight excluding hydrogens is 625 g/mol. The van der Waals surface area contributed by atoms with Gasteiger partial charge in [-0.05, 0) is 24.8 Å². The number of carbonyl (C=O) groups is 3. The third-order valence-corrected chi connectivity index (χ3v) is 9.68. The fourth-order valence-electron chi connectivity index (χ4n) is 5.32. The molecule has 1 aliphatic heterocycles. The number of amides is 4. The zero-order valence-electron chi connectivity index (χ0n) is 26.3. The molecule has 4 amide bonds. The van der Waals surface area contributed by atoms with Crippen molar-refractivity contribution in [3.8, 4) is 0 Å². The topological polar surface area (TPSA) is 145 Å². The minimum atomic E-state index is -0.731. The van der Waals surface area contributed by atoms with E-state index in [-0.39, 0.29) is 31.1 Å². The summed E-state index contributed by atoms with van der Waals surface area (Å²) in [6, 6.07) is 8.75. The molecule has 3 aromatic heterocycles. The number of benzene rings is 1. The smallest absolute Gasteiger partial charge is 0.407 e. The minimum absolute atomic E-state index is 0.176. The van der Waals surface area contributed by atoms with Gasteiger partial charge in [0.15, 0.2) is 0 Å². The third-order valence-electron chi connectivity index (χ3n) is 7.74. The number of carbonyl (C=O) groups excluding carboxylic acids is 3. The number of hydrogen-bond acceptors (Lipinski definition) is 9. The van der Waals surface area contributed by atoms with Gasteiger partial charge in [0.25, 0.3) is 0 Å². The molecule has 12 nitrogen and oxygen atoms in total. The number of alkyl carbamates (subject to hydrolysis) is 1. The summed E-state index contributed by atoms with van der Waals surface area (Å²) in [6.45, 7) is 5.36. The lowest BCUT2D eigenvalue weighted by molar-refractivity contribution is -0.127. The van der Waals surface area contributed by atoms with Gasteiger partial charge in [-0.1, -0.05) is 44.2 Å². The zero-order chi connectivity index (χ0) is 32.5. The molecule has 4 heterocycles. The van der Waals surface area contributed by atoms with Crippen LogP contribution in [0.1, 0.15) is 65.1 Å². The van der Waals surface area contributed by atoms with E-state index in [1.54, 1.807) is 46.2 Å². The summed E-state index contributed by atoms with van der Waals surface area (Å²) < 4.78 is 5.25. The molecule has 0 radical (unpaired) electrons. The van der Waals surface area contributed by atoms with Gasteiger partial charge in [0.2, 0.25) is 5.91 Å². The zero-order valence-corrected chi connectivity index (χ0v) is 27.9. The molecule has 0 fully saturated rings. The number of hydrogen-bond donors (Lipinski definition) is 3.